The Hall–Kier alpha value is -3.78. The van der Waals surface area contributed by atoms with E-state index in [0.717, 1.165) is 0 Å². The molecule has 1 aliphatic rings. The fourth-order valence-corrected chi connectivity index (χ4v) is 4.04. The molecule has 3 aromatic rings. The summed E-state index contributed by atoms with van der Waals surface area (Å²) in [7, 11) is 0. The molecule has 1 N–H and O–H groups in total. The van der Waals surface area contributed by atoms with E-state index in [1.165, 1.54) is 23.1 Å². The minimum absolute atomic E-state index is 0.129. The minimum atomic E-state index is -1.17. The van der Waals surface area contributed by atoms with Crippen LogP contribution in [0.1, 0.15) is 17.2 Å². The number of Topliss-reactive ketones (excluding diaryl/α,β-unsaturated/α-hetero) is 1. The Labute approximate surface area is 185 Å². The zero-order valence-electron chi connectivity index (χ0n) is 15.9. The molecule has 7 nitrogen and oxygen atoms in total. The summed E-state index contributed by atoms with van der Waals surface area (Å²) in [4.78, 5) is 38.5. The summed E-state index contributed by atoms with van der Waals surface area (Å²) >= 11 is 3.35. The Kier molecular flexibility index (Phi) is 5.39. The lowest BCUT2D eigenvalue weighted by Crippen LogP contribution is -2.29. The summed E-state index contributed by atoms with van der Waals surface area (Å²) in [6, 6.07) is 19.7. The number of aliphatic hydroxyl groups excluding tert-OH is 1. The van der Waals surface area contributed by atoms with Crippen molar-refractivity contribution in [1.82, 2.24) is 0 Å². The molecular weight excluding hydrogens is 464 g/mol. The fraction of sp³-hybridized carbons (Fsp3) is 0.0435. The number of carbonyl (C=O) groups excluding carboxylic acids is 2. The number of para-hydroxylation sites is 1. The number of hydrogen-bond donors (Lipinski definition) is 1. The number of nitro benzene ring substituents is 1. The maximum absolute atomic E-state index is 13.1. The highest BCUT2D eigenvalue weighted by atomic mass is 79.9. The number of carbonyl (C=O) groups is 2. The van der Waals surface area contributed by atoms with Crippen LogP contribution in [0.3, 0.4) is 0 Å². The molecule has 0 spiro atoms. The molecule has 4 rings (SSSR count). The predicted molar refractivity (Wildman–Crippen MR) is 118 cm³/mol. The van der Waals surface area contributed by atoms with Gasteiger partial charge in [-0.25, -0.2) is 0 Å². The second-order valence-electron chi connectivity index (χ2n) is 6.83. The molecule has 1 atom stereocenters. The molecule has 0 radical (unpaired) electrons. The Morgan fingerprint density at radius 3 is 2.32 bits per heavy atom. The number of ketones is 1. The number of benzene rings is 3. The number of amides is 1. The first kappa shape index (κ1) is 20.5. The van der Waals surface area contributed by atoms with Crippen LogP contribution in [0.5, 0.6) is 0 Å². The van der Waals surface area contributed by atoms with Crippen LogP contribution in [0.2, 0.25) is 0 Å². The molecule has 3 aromatic carbocycles. The van der Waals surface area contributed by atoms with Gasteiger partial charge in [0.05, 0.1) is 16.1 Å². The Morgan fingerprint density at radius 2 is 1.65 bits per heavy atom. The largest absolute Gasteiger partial charge is 0.507 e. The van der Waals surface area contributed by atoms with Gasteiger partial charge in [0.15, 0.2) is 0 Å². The van der Waals surface area contributed by atoms with E-state index in [1.54, 1.807) is 60.7 Å². The van der Waals surface area contributed by atoms with E-state index in [9.17, 15) is 24.8 Å². The molecule has 1 amide bonds. The number of aliphatic hydroxyl groups is 1. The first-order valence-corrected chi connectivity index (χ1v) is 10.0. The number of hydrogen-bond acceptors (Lipinski definition) is 5. The smallest absolute Gasteiger partial charge is 0.300 e. The van der Waals surface area contributed by atoms with E-state index in [0.29, 0.717) is 15.7 Å². The van der Waals surface area contributed by atoms with Gasteiger partial charge in [-0.1, -0.05) is 64.5 Å². The summed E-state index contributed by atoms with van der Waals surface area (Å²) < 4.78 is 0.663. The van der Waals surface area contributed by atoms with Crippen molar-refractivity contribution in [2.75, 3.05) is 4.90 Å². The van der Waals surface area contributed by atoms with Gasteiger partial charge in [0.25, 0.3) is 17.4 Å². The van der Waals surface area contributed by atoms with E-state index in [2.05, 4.69) is 15.9 Å². The second kappa shape index (κ2) is 8.16. The maximum atomic E-state index is 13.1. The number of nitrogens with zero attached hydrogens (tertiary/aromatic N) is 2. The molecule has 1 saturated heterocycles. The van der Waals surface area contributed by atoms with Crippen molar-refractivity contribution < 1.29 is 19.6 Å². The molecule has 0 aliphatic carbocycles. The summed E-state index contributed by atoms with van der Waals surface area (Å²) in [5.74, 6) is -2.18. The summed E-state index contributed by atoms with van der Waals surface area (Å²) in [5.41, 5.74) is 0.369. The molecule has 1 heterocycles. The maximum Gasteiger partial charge on any atom is 0.300 e. The van der Waals surface area contributed by atoms with E-state index >= 15 is 0 Å². The zero-order valence-corrected chi connectivity index (χ0v) is 17.5. The highest BCUT2D eigenvalue weighted by molar-refractivity contribution is 9.10. The van der Waals surface area contributed by atoms with Crippen molar-refractivity contribution in [2.24, 2.45) is 0 Å². The Balaban J connectivity index is 2.02. The third-order valence-corrected chi connectivity index (χ3v) is 5.50. The quantitative estimate of drug-likeness (QED) is 0.187. The predicted octanol–water partition coefficient (Wildman–Crippen LogP) is 4.98. The van der Waals surface area contributed by atoms with E-state index < -0.39 is 22.7 Å². The molecule has 0 unspecified atom stereocenters. The van der Waals surface area contributed by atoms with Gasteiger partial charge in [-0.3, -0.25) is 24.6 Å². The summed E-state index contributed by atoms with van der Waals surface area (Å²) in [5, 5.41) is 22.7. The van der Waals surface area contributed by atoms with Crippen molar-refractivity contribution >= 4 is 44.8 Å². The third-order valence-electron chi connectivity index (χ3n) is 5.01. The number of anilines is 1. The van der Waals surface area contributed by atoms with Gasteiger partial charge < -0.3 is 5.11 Å². The van der Waals surface area contributed by atoms with Crippen molar-refractivity contribution in [1.29, 1.82) is 0 Å². The van der Waals surface area contributed by atoms with Crippen LogP contribution < -0.4 is 4.90 Å². The van der Waals surface area contributed by atoms with Gasteiger partial charge in [-0.15, -0.1) is 0 Å². The lowest BCUT2D eigenvalue weighted by Gasteiger charge is -2.25. The molecular formula is C23H15BrN2O5. The fourth-order valence-electron chi connectivity index (χ4n) is 3.66. The van der Waals surface area contributed by atoms with Crippen LogP contribution in [-0.2, 0) is 9.59 Å². The Bertz CT molecular complexity index is 1240. The lowest BCUT2D eigenvalue weighted by molar-refractivity contribution is -0.385. The second-order valence-corrected chi connectivity index (χ2v) is 7.75. The van der Waals surface area contributed by atoms with Gasteiger partial charge in [-0.2, -0.15) is 0 Å². The average Bonchev–Trinajstić information content (AvgIpc) is 3.04. The van der Waals surface area contributed by atoms with Gasteiger partial charge >= 0.3 is 0 Å². The SMILES string of the molecule is O=C1C(=O)N(c2cccc(Br)c2)[C@@H](c2ccccc2[N+](=O)[O-])C1=C(O)c1ccccc1. The van der Waals surface area contributed by atoms with E-state index in [1.807, 2.05) is 0 Å². The lowest BCUT2D eigenvalue weighted by atomic mass is 9.94. The molecule has 1 fully saturated rings. The van der Waals surface area contributed by atoms with Crippen molar-refractivity contribution in [2.45, 2.75) is 6.04 Å². The number of rotatable bonds is 4. The van der Waals surface area contributed by atoms with Crippen LogP contribution in [0.4, 0.5) is 11.4 Å². The normalized spacial score (nSPS) is 17.7. The molecule has 31 heavy (non-hydrogen) atoms. The molecule has 0 bridgehead atoms. The monoisotopic (exact) mass is 478 g/mol. The van der Waals surface area contributed by atoms with Crippen molar-refractivity contribution in [3.63, 3.8) is 0 Å². The first-order valence-electron chi connectivity index (χ1n) is 9.25. The summed E-state index contributed by atoms with van der Waals surface area (Å²) in [6.45, 7) is 0. The topological polar surface area (TPSA) is 101 Å². The molecule has 154 valence electrons. The standard InChI is InChI=1S/C23H15BrN2O5/c24-15-9-6-10-16(13-15)25-20(17-11-4-5-12-18(17)26(30)31)19(22(28)23(25)29)21(27)14-7-2-1-3-8-14/h1-13,20,27H/t20-/m0/s1. The van der Waals surface area contributed by atoms with Crippen molar-refractivity contribution in [3.8, 4) is 0 Å². The minimum Gasteiger partial charge on any atom is -0.507 e. The van der Waals surface area contributed by atoms with E-state index in [-0.39, 0.29) is 22.6 Å². The van der Waals surface area contributed by atoms with Gasteiger partial charge in [0.2, 0.25) is 0 Å². The number of halogens is 1. The van der Waals surface area contributed by atoms with Crippen LogP contribution in [0, 0.1) is 10.1 Å². The molecule has 8 heteroatoms. The van der Waals surface area contributed by atoms with Crippen LogP contribution in [-0.4, -0.2) is 21.7 Å². The van der Waals surface area contributed by atoms with Crippen molar-refractivity contribution in [3.05, 3.63) is 110 Å². The molecule has 1 aliphatic heterocycles. The van der Waals surface area contributed by atoms with Gasteiger partial charge in [-0.05, 0) is 24.3 Å². The number of nitro groups is 1. The average molecular weight is 479 g/mol. The Morgan fingerprint density at radius 1 is 0.968 bits per heavy atom. The van der Waals surface area contributed by atoms with Crippen LogP contribution in [0.25, 0.3) is 5.76 Å². The summed E-state index contributed by atoms with van der Waals surface area (Å²) in [6.07, 6.45) is 0. The molecule has 0 aromatic heterocycles. The van der Waals surface area contributed by atoms with E-state index in [4.69, 9.17) is 0 Å². The highest BCUT2D eigenvalue weighted by Crippen LogP contribution is 2.45. The third kappa shape index (κ3) is 3.62. The van der Waals surface area contributed by atoms with Gasteiger partial charge in [0.1, 0.15) is 11.8 Å². The zero-order chi connectivity index (χ0) is 22.1. The first-order chi connectivity index (χ1) is 14.9. The molecule has 0 saturated carbocycles. The van der Waals surface area contributed by atoms with Crippen LogP contribution >= 0.6 is 15.9 Å². The highest BCUT2D eigenvalue weighted by Gasteiger charge is 2.48. The van der Waals surface area contributed by atoms with Crippen LogP contribution in [0.15, 0.2) is 88.9 Å². The van der Waals surface area contributed by atoms with Gasteiger partial charge in [0, 0.05) is 21.8 Å².